The van der Waals surface area contributed by atoms with Gasteiger partial charge in [-0.1, -0.05) is 26.7 Å². The Hall–Kier alpha value is -0.710. The van der Waals surface area contributed by atoms with E-state index in [1.54, 1.807) is 4.90 Å². The molecule has 1 fully saturated rings. The molecule has 1 heterocycles. The Kier molecular flexibility index (Phi) is 8.15. The molecule has 2 amide bonds. The van der Waals surface area contributed by atoms with Crippen molar-refractivity contribution >= 4 is 23.6 Å². The first kappa shape index (κ1) is 18.3. The summed E-state index contributed by atoms with van der Waals surface area (Å²) < 4.78 is 0. The maximum atomic E-state index is 12.5. The first-order chi connectivity index (χ1) is 9.97. The van der Waals surface area contributed by atoms with Crippen LogP contribution in [0.25, 0.3) is 0 Å². The highest BCUT2D eigenvalue weighted by Crippen LogP contribution is 2.17. The van der Waals surface area contributed by atoms with Crippen molar-refractivity contribution in [3.05, 3.63) is 0 Å². The minimum Gasteiger partial charge on any atom is -0.343 e. The van der Waals surface area contributed by atoms with E-state index in [-0.39, 0.29) is 23.9 Å². The van der Waals surface area contributed by atoms with Crippen LogP contribution in [0.1, 0.15) is 52.9 Å². The Morgan fingerprint density at radius 1 is 1.19 bits per heavy atom. The van der Waals surface area contributed by atoms with Crippen molar-refractivity contribution in [2.75, 3.05) is 18.6 Å². The van der Waals surface area contributed by atoms with Crippen LogP contribution in [0, 0.1) is 5.92 Å². The van der Waals surface area contributed by atoms with Gasteiger partial charge in [0.15, 0.2) is 0 Å². The van der Waals surface area contributed by atoms with Gasteiger partial charge >= 0.3 is 0 Å². The van der Waals surface area contributed by atoms with Gasteiger partial charge in [-0.05, 0) is 44.1 Å². The van der Waals surface area contributed by atoms with Crippen molar-refractivity contribution < 1.29 is 9.59 Å². The smallest absolute Gasteiger partial charge is 0.245 e. The summed E-state index contributed by atoms with van der Waals surface area (Å²) in [5.74, 6) is 1.70. The van der Waals surface area contributed by atoms with E-state index < -0.39 is 0 Å². The molecule has 2 unspecified atom stereocenters. The van der Waals surface area contributed by atoms with Gasteiger partial charge in [0.05, 0.1) is 0 Å². The van der Waals surface area contributed by atoms with Crippen molar-refractivity contribution in [1.82, 2.24) is 10.2 Å². The fourth-order valence-electron chi connectivity index (χ4n) is 2.70. The van der Waals surface area contributed by atoms with E-state index in [1.807, 2.05) is 18.7 Å². The van der Waals surface area contributed by atoms with Crippen molar-refractivity contribution in [3.8, 4) is 0 Å². The predicted octanol–water partition coefficient (Wildman–Crippen LogP) is 2.67. The standard InChI is InChI=1S/C16H30N2O2S/c1-12(2)11-14-16(20)18(13(3)15(19)17-14)9-7-5-6-8-10-21-4/h12-14H,5-11H2,1-4H3,(H,17,19). The molecule has 0 aromatic rings. The van der Waals surface area contributed by atoms with Crippen molar-refractivity contribution in [1.29, 1.82) is 0 Å². The Balaban J connectivity index is 2.45. The third-order valence-corrected chi connectivity index (χ3v) is 4.65. The molecule has 122 valence electrons. The fourth-order valence-corrected chi connectivity index (χ4v) is 3.20. The van der Waals surface area contributed by atoms with Gasteiger partial charge in [-0.15, -0.1) is 0 Å². The van der Waals surface area contributed by atoms with Crippen LogP contribution in [0.2, 0.25) is 0 Å². The number of unbranched alkanes of at least 4 members (excludes halogenated alkanes) is 3. The lowest BCUT2D eigenvalue weighted by atomic mass is 9.98. The highest BCUT2D eigenvalue weighted by molar-refractivity contribution is 7.98. The van der Waals surface area contributed by atoms with Crippen LogP contribution in [0.3, 0.4) is 0 Å². The van der Waals surface area contributed by atoms with Crippen molar-refractivity contribution in [2.24, 2.45) is 5.92 Å². The van der Waals surface area contributed by atoms with E-state index in [0.29, 0.717) is 12.5 Å². The van der Waals surface area contributed by atoms with E-state index >= 15 is 0 Å². The zero-order chi connectivity index (χ0) is 15.8. The van der Waals surface area contributed by atoms with Crippen LogP contribution in [-0.2, 0) is 9.59 Å². The van der Waals surface area contributed by atoms with Crippen LogP contribution in [0.5, 0.6) is 0 Å². The molecule has 5 heteroatoms. The second kappa shape index (κ2) is 9.34. The quantitative estimate of drug-likeness (QED) is 0.666. The number of hydrogen-bond acceptors (Lipinski definition) is 3. The average molecular weight is 314 g/mol. The molecule has 1 aliphatic rings. The highest BCUT2D eigenvalue weighted by Gasteiger charge is 2.37. The molecule has 0 aromatic heterocycles. The molecule has 0 aliphatic carbocycles. The topological polar surface area (TPSA) is 49.4 Å². The minimum atomic E-state index is -0.329. The number of thioether (sulfide) groups is 1. The van der Waals surface area contributed by atoms with Gasteiger partial charge in [-0.2, -0.15) is 11.8 Å². The second-order valence-corrected chi connectivity index (χ2v) is 7.29. The zero-order valence-electron chi connectivity index (χ0n) is 13.9. The summed E-state index contributed by atoms with van der Waals surface area (Å²) >= 11 is 1.88. The van der Waals surface area contributed by atoms with Gasteiger partial charge in [-0.25, -0.2) is 0 Å². The second-order valence-electron chi connectivity index (χ2n) is 6.31. The Morgan fingerprint density at radius 3 is 2.48 bits per heavy atom. The number of nitrogens with one attached hydrogen (secondary N) is 1. The van der Waals surface area contributed by atoms with Gasteiger partial charge in [0.1, 0.15) is 12.1 Å². The van der Waals surface area contributed by atoms with Crippen LogP contribution >= 0.6 is 11.8 Å². The highest BCUT2D eigenvalue weighted by atomic mass is 32.2. The number of nitrogens with zero attached hydrogens (tertiary/aromatic N) is 1. The molecule has 0 saturated carbocycles. The summed E-state index contributed by atoms with van der Waals surface area (Å²) in [6, 6.07) is -0.655. The van der Waals surface area contributed by atoms with Gasteiger partial charge in [0, 0.05) is 6.54 Å². The third kappa shape index (κ3) is 5.89. The molecule has 0 spiro atoms. The maximum absolute atomic E-state index is 12.5. The van der Waals surface area contributed by atoms with Crippen LogP contribution in [-0.4, -0.2) is 47.4 Å². The average Bonchev–Trinajstić information content (AvgIpc) is 2.42. The van der Waals surface area contributed by atoms with E-state index in [9.17, 15) is 9.59 Å². The number of rotatable bonds is 9. The fraction of sp³-hybridized carbons (Fsp3) is 0.875. The number of amides is 2. The molecule has 1 N–H and O–H groups in total. The Morgan fingerprint density at radius 2 is 1.86 bits per heavy atom. The molecule has 0 aromatic carbocycles. The first-order valence-electron chi connectivity index (χ1n) is 8.07. The largest absolute Gasteiger partial charge is 0.343 e. The number of piperazine rings is 1. The van der Waals surface area contributed by atoms with Crippen LogP contribution in [0.15, 0.2) is 0 Å². The normalized spacial score (nSPS) is 22.8. The van der Waals surface area contributed by atoms with Gasteiger partial charge < -0.3 is 10.2 Å². The molecule has 21 heavy (non-hydrogen) atoms. The lowest BCUT2D eigenvalue weighted by Gasteiger charge is -2.38. The Labute approximate surface area is 133 Å². The predicted molar refractivity (Wildman–Crippen MR) is 89.4 cm³/mol. The molecule has 4 nitrogen and oxygen atoms in total. The lowest BCUT2D eigenvalue weighted by molar-refractivity contribution is -0.149. The summed E-state index contributed by atoms with van der Waals surface area (Å²) in [5.41, 5.74) is 0. The molecule has 1 saturated heterocycles. The summed E-state index contributed by atoms with van der Waals surface area (Å²) in [6.07, 6.45) is 7.42. The summed E-state index contributed by atoms with van der Waals surface area (Å²) in [6.45, 7) is 6.69. The molecule has 2 atom stereocenters. The van der Waals surface area contributed by atoms with Crippen molar-refractivity contribution in [2.45, 2.75) is 65.0 Å². The Bertz CT molecular complexity index is 347. The number of carbonyl (C=O) groups excluding carboxylic acids is 2. The number of hydrogen-bond donors (Lipinski definition) is 1. The molecule has 0 radical (unpaired) electrons. The molecule has 1 aliphatic heterocycles. The third-order valence-electron chi connectivity index (χ3n) is 3.95. The number of carbonyl (C=O) groups is 2. The molecule has 0 bridgehead atoms. The van der Waals surface area contributed by atoms with E-state index in [0.717, 1.165) is 19.3 Å². The summed E-state index contributed by atoms with van der Waals surface area (Å²) in [5, 5.41) is 2.86. The van der Waals surface area contributed by atoms with Crippen molar-refractivity contribution in [3.63, 3.8) is 0 Å². The summed E-state index contributed by atoms with van der Waals surface area (Å²) in [7, 11) is 0. The van der Waals surface area contributed by atoms with E-state index in [4.69, 9.17) is 0 Å². The minimum absolute atomic E-state index is 0.0115. The van der Waals surface area contributed by atoms with E-state index in [2.05, 4.69) is 25.4 Å². The maximum Gasteiger partial charge on any atom is 0.245 e. The van der Waals surface area contributed by atoms with Gasteiger partial charge in [0.25, 0.3) is 0 Å². The molecular weight excluding hydrogens is 284 g/mol. The molecule has 1 rings (SSSR count). The van der Waals surface area contributed by atoms with E-state index in [1.165, 1.54) is 18.6 Å². The van der Waals surface area contributed by atoms with Crippen LogP contribution < -0.4 is 5.32 Å². The first-order valence-corrected chi connectivity index (χ1v) is 9.46. The van der Waals surface area contributed by atoms with Crippen LogP contribution in [0.4, 0.5) is 0 Å². The van der Waals surface area contributed by atoms with Gasteiger partial charge in [0.2, 0.25) is 11.8 Å². The monoisotopic (exact) mass is 314 g/mol. The lowest BCUT2D eigenvalue weighted by Crippen LogP contribution is -2.62. The van der Waals surface area contributed by atoms with Gasteiger partial charge in [-0.3, -0.25) is 9.59 Å². The molecular formula is C16H30N2O2S. The zero-order valence-corrected chi connectivity index (χ0v) is 14.7. The SMILES string of the molecule is CSCCCCCCN1C(=O)C(CC(C)C)NC(=O)C1C. The summed E-state index contributed by atoms with van der Waals surface area (Å²) in [4.78, 5) is 26.3.